The molecule has 10 heteroatoms. The van der Waals surface area contributed by atoms with Crippen molar-refractivity contribution in [3.63, 3.8) is 0 Å². The molecule has 0 bridgehead atoms. The number of benzene rings is 1. The summed E-state index contributed by atoms with van der Waals surface area (Å²) in [6.07, 6.45) is -6.50. The van der Waals surface area contributed by atoms with E-state index in [1.807, 2.05) is 0 Å². The minimum absolute atomic E-state index is 0.369. The standard InChI is InChI=1S/C21H26O10/c1-12(22)26-11-17-18(28-13(2)23)19(27-10-16-8-6-5-7-9-16)20(29-14(3)24)21(31-17)30-15(4)25/h5-9,17-21H,10-11H2,1-4H3/t17-,18+,19+,20-,21?/m1/s1/i10D/t10?,17-,18+,19+,20-,21?. The van der Waals surface area contributed by atoms with Gasteiger partial charge in [-0.25, -0.2) is 0 Å². The second-order valence-electron chi connectivity index (χ2n) is 6.73. The van der Waals surface area contributed by atoms with E-state index in [1.54, 1.807) is 30.3 Å². The number of esters is 4. The Hall–Kier alpha value is -2.98. The first-order valence-corrected chi connectivity index (χ1v) is 9.51. The van der Waals surface area contributed by atoms with Crippen molar-refractivity contribution in [1.82, 2.24) is 0 Å². The summed E-state index contributed by atoms with van der Waals surface area (Å²) in [4.78, 5) is 46.5. The summed E-state index contributed by atoms with van der Waals surface area (Å²) in [6.45, 7) is 2.93. The monoisotopic (exact) mass is 439 g/mol. The third-order valence-corrected chi connectivity index (χ3v) is 4.09. The van der Waals surface area contributed by atoms with Gasteiger partial charge < -0.3 is 28.4 Å². The third kappa shape index (κ3) is 7.65. The summed E-state index contributed by atoms with van der Waals surface area (Å²) in [6, 6.07) is 8.49. The van der Waals surface area contributed by atoms with Crippen molar-refractivity contribution in [2.24, 2.45) is 0 Å². The molecule has 1 aliphatic heterocycles. The summed E-state index contributed by atoms with van der Waals surface area (Å²) in [5.41, 5.74) is 0.475. The molecule has 1 heterocycles. The molecule has 1 aliphatic rings. The molecule has 2 unspecified atom stereocenters. The summed E-state index contributed by atoms with van der Waals surface area (Å²) >= 11 is 0. The maximum absolute atomic E-state index is 11.8. The molecule has 1 aromatic carbocycles. The van der Waals surface area contributed by atoms with E-state index in [1.165, 1.54) is 6.92 Å². The maximum atomic E-state index is 11.8. The van der Waals surface area contributed by atoms with Gasteiger partial charge in [0.2, 0.25) is 6.29 Å². The second kappa shape index (κ2) is 11.4. The van der Waals surface area contributed by atoms with Gasteiger partial charge in [0.15, 0.2) is 12.2 Å². The Morgan fingerprint density at radius 3 is 1.97 bits per heavy atom. The summed E-state index contributed by atoms with van der Waals surface area (Å²) in [5.74, 6) is -2.82. The van der Waals surface area contributed by atoms with Crippen molar-refractivity contribution in [2.45, 2.75) is 65.0 Å². The van der Waals surface area contributed by atoms with Crippen molar-refractivity contribution in [2.75, 3.05) is 6.61 Å². The summed E-state index contributed by atoms with van der Waals surface area (Å²) < 4.78 is 40.7. The van der Waals surface area contributed by atoms with Crippen LogP contribution in [0.15, 0.2) is 30.3 Å². The van der Waals surface area contributed by atoms with Gasteiger partial charge in [0.05, 0.1) is 7.95 Å². The van der Waals surface area contributed by atoms with Crippen LogP contribution in [0, 0.1) is 0 Å². The SMILES string of the molecule is [2H]C(O[C@H]1[C@@H](OC(C)=O)[C@@H](COC(C)=O)OC(OC(C)=O)[C@@H]1OC(C)=O)c1ccccc1. The lowest BCUT2D eigenvalue weighted by Crippen LogP contribution is -2.62. The Kier molecular flexibility index (Phi) is 8.36. The van der Waals surface area contributed by atoms with E-state index < -0.39 is 61.2 Å². The highest BCUT2D eigenvalue weighted by Crippen LogP contribution is 2.30. The van der Waals surface area contributed by atoms with E-state index in [2.05, 4.69) is 0 Å². The first-order chi connectivity index (χ1) is 15.1. The van der Waals surface area contributed by atoms with Crippen LogP contribution in [0.1, 0.15) is 34.6 Å². The van der Waals surface area contributed by atoms with Gasteiger partial charge in [-0.3, -0.25) is 19.2 Å². The fourth-order valence-electron chi connectivity index (χ4n) is 2.97. The molecule has 1 fully saturated rings. The van der Waals surface area contributed by atoms with Crippen molar-refractivity contribution in [1.29, 1.82) is 0 Å². The van der Waals surface area contributed by atoms with Gasteiger partial charge in [0.1, 0.15) is 18.8 Å². The highest BCUT2D eigenvalue weighted by Gasteiger charge is 2.52. The van der Waals surface area contributed by atoms with E-state index in [0.29, 0.717) is 5.56 Å². The molecular formula is C21H26O10. The second-order valence-corrected chi connectivity index (χ2v) is 6.73. The highest BCUT2D eigenvalue weighted by molar-refractivity contribution is 5.68. The lowest BCUT2D eigenvalue weighted by atomic mass is 9.98. The fourth-order valence-corrected chi connectivity index (χ4v) is 2.97. The molecule has 1 saturated heterocycles. The van der Waals surface area contributed by atoms with Gasteiger partial charge in [0, 0.05) is 27.7 Å². The summed E-state index contributed by atoms with van der Waals surface area (Å²) in [5, 5.41) is 0. The molecule has 0 spiro atoms. The third-order valence-electron chi connectivity index (χ3n) is 4.09. The molecule has 0 saturated carbocycles. The molecule has 2 rings (SSSR count). The van der Waals surface area contributed by atoms with Crippen LogP contribution in [0.4, 0.5) is 0 Å². The number of carbonyl (C=O) groups is 4. The zero-order valence-corrected chi connectivity index (χ0v) is 17.6. The number of hydrogen-bond donors (Lipinski definition) is 0. The fraction of sp³-hybridized carbons (Fsp3) is 0.524. The first-order valence-electron chi connectivity index (χ1n) is 10.1. The predicted octanol–water partition coefficient (Wildman–Crippen LogP) is 1.29. The van der Waals surface area contributed by atoms with E-state index in [-0.39, 0.29) is 6.61 Å². The first kappa shape index (κ1) is 22.7. The van der Waals surface area contributed by atoms with Crippen molar-refractivity contribution in [3.8, 4) is 0 Å². The molecule has 0 amide bonds. The molecule has 0 radical (unpaired) electrons. The number of rotatable bonds is 8. The average molecular weight is 439 g/mol. The van der Waals surface area contributed by atoms with Crippen LogP contribution in [0.25, 0.3) is 0 Å². The van der Waals surface area contributed by atoms with Crippen LogP contribution in [0.2, 0.25) is 0 Å². The zero-order chi connectivity index (χ0) is 23.8. The zero-order valence-electron chi connectivity index (χ0n) is 18.6. The molecule has 10 nitrogen and oxygen atoms in total. The topological polar surface area (TPSA) is 124 Å². The van der Waals surface area contributed by atoms with Crippen LogP contribution in [-0.2, 0) is 54.2 Å². The van der Waals surface area contributed by atoms with Crippen molar-refractivity contribution in [3.05, 3.63) is 35.9 Å². The predicted molar refractivity (Wildman–Crippen MR) is 103 cm³/mol. The Bertz CT molecular complexity index is 814. The van der Waals surface area contributed by atoms with Crippen LogP contribution >= 0.6 is 0 Å². The Morgan fingerprint density at radius 2 is 1.42 bits per heavy atom. The molecule has 0 aliphatic carbocycles. The quantitative estimate of drug-likeness (QED) is 0.432. The van der Waals surface area contributed by atoms with Gasteiger partial charge in [-0.05, 0) is 5.56 Å². The molecular weight excluding hydrogens is 412 g/mol. The van der Waals surface area contributed by atoms with Crippen LogP contribution in [0.3, 0.4) is 0 Å². The van der Waals surface area contributed by atoms with Crippen LogP contribution < -0.4 is 0 Å². The number of ether oxygens (including phenoxy) is 6. The lowest BCUT2D eigenvalue weighted by Gasteiger charge is -2.44. The van der Waals surface area contributed by atoms with E-state index >= 15 is 0 Å². The molecule has 6 atom stereocenters. The van der Waals surface area contributed by atoms with Crippen molar-refractivity contribution < 1.29 is 49.0 Å². The summed E-state index contributed by atoms with van der Waals surface area (Å²) in [7, 11) is 0. The molecule has 170 valence electrons. The van der Waals surface area contributed by atoms with Gasteiger partial charge in [-0.1, -0.05) is 30.3 Å². The normalized spacial score (nSPS) is 26.7. The Morgan fingerprint density at radius 1 is 0.839 bits per heavy atom. The van der Waals surface area contributed by atoms with E-state index in [0.717, 1.165) is 20.8 Å². The van der Waals surface area contributed by atoms with Crippen LogP contribution in [-0.4, -0.2) is 61.2 Å². The largest absolute Gasteiger partial charge is 0.463 e. The number of carbonyl (C=O) groups excluding carboxylic acids is 4. The lowest BCUT2D eigenvalue weighted by molar-refractivity contribution is -0.305. The highest BCUT2D eigenvalue weighted by atomic mass is 16.7. The van der Waals surface area contributed by atoms with Gasteiger partial charge >= 0.3 is 23.9 Å². The average Bonchev–Trinajstić information content (AvgIpc) is 2.70. The molecule has 1 aromatic rings. The van der Waals surface area contributed by atoms with Gasteiger partial charge in [-0.15, -0.1) is 0 Å². The van der Waals surface area contributed by atoms with Crippen molar-refractivity contribution >= 4 is 23.9 Å². The van der Waals surface area contributed by atoms with Crippen LogP contribution in [0.5, 0.6) is 0 Å². The number of hydrogen-bond acceptors (Lipinski definition) is 10. The molecule has 0 aromatic heterocycles. The van der Waals surface area contributed by atoms with Gasteiger partial charge in [0.25, 0.3) is 0 Å². The van der Waals surface area contributed by atoms with E-state index in [4.69, 9.17) is 29.8 Å². The molecule has 31 heavy (non-hydrogen) atoms. The minimum Gasteiger partial charge on any atom is -0.463 e. The molecule has 0 N–H and O–H groups in total. The smallest absolute Gasteiger partial charge is 0.305 e. The minimum atomic E-state index is -1.46. The maximum Gasteiger partial charge on any atom is 0.305 e. The van der Waals surface area contributed by atoms with E-state index in [9.17, 15) is 19.2 Å². The Balaban J connectivity index is 2.45. The Labute approximate surface area is 181 Å². The van der Waals surface area contributed by atoms with Gasteiger partial charge in [-0.2, -0.15) is 0 Å².